The molecule has 2 atom stereocenters. The lowest BCUT2D eigenvalue weighted by molar-refractivity contribution is -0.0711. The normalized spacial score (nSPS) is 20.4. The Labute approximate surface area is 153 Å². The van der Waals surface area contributed by atoms with Crippen molar-refractivity contribution in [3.05, 3.63) is 65.7 Å². The molecule has 26 heavy (non-hydrogen) atoms. The molecule has 136 valence electrons. The van der Waals surface area contributed by atoms with Crippen molar-refractivity contribution in [1.29, 1.82) is 5.26 Å². The first-order chi connectivity index (χ1) is 12.6. The second-order valence-electron chi connectivity index (χ2n) is 6.07. The first kappa shape index (κ1) is 18.5. The molecule has 0 saturated carbocycles. The molecule has 1 aliphatic heterocycles. The van der Waals surface area contributed by atoms with Gasteiger partial charge < -0.3 is 9.47 Å². The van der Waals surface area contributed by atoms with Crippen molar-refractivity contribution < 1.29 is 17.9 Å². The van der Waals surface area contributed by atoms with Crippen molar-refractivity contribution in [2.24, 2.45) is 0 Å². The van der Waals surface area contributed by atoms with Crippen molar-refractivity contribution in [2.75, 3.05) is 13.2 Å². The van der Waals surface area contributed by atoms with E-state index < -0.39 is 10.0 Å². The lowest BCUT2D eigenvalue weighted by Crippen LogP contribution is -2.49. The van der Waals surface area contributed by atoms with Crippen LogP contribution in [0.1, 0.15) is 17.5 Å². The van der Waals surface area contributed by atoms with Crippen LogP contribution >= 0.6 is 0 Å². The summed E-state index contributed by atoms with van der Waals surface area (Å²) >= 11 is 0. The van der Waals surface area contributed by atoms with Gasteiger partial charge in [-0.25, -0.2) is 13.1 Å². The Kier molecular flexibility index (Phi) is 6.01. The average Bonchev–Trinajstić information content (AvgIpc) is 2.68. The van der Waals surface area contributed by atoms with E-state index in [-0.39, 0.29) is 17.0 Å². The maximum absolute atomic E-state index is 12.7. The molecule has 7 heteroatoms. The summed E-state index contributed by atoms with van der Waals surface area (Å²) in [6, 6.07) is 17.2. The molecule has 2 aromatic carbocycles. The largest absolute Gasteiger partial charge is 0.379 e. The zero-order valence-electron chi connectivity index (χ0n) is 14.2. The Balaban J connectivity index is 1.70. The monoisotopic (exact) mass is 372 g/mol. The summed E-state index contributed by atoms with van der Waals surface area (Å²) in [7, 11) is -3.75. The van der Waals surface area contributed by atoms with Crippen LogP contribution < -0.4 is 4.72 Å². The number of rotatable bonds is 6. The molecule has 1 aliphatic rings. The van der Waals surface area contributed by atoms with E-state index in [1.54, 1.807) is 12.1 Å². The number of nitriles is 1. The number of ether oxygens (including phenoxy) is 2. The topological polar surface area (TPSA) is 88.4 Å². The van der Waals surface area contributed by atoms with Crippen LogP contribution in [0.3, 0.4) is 0 Å². The molecule has 1 N–H and O–H groups in total. The van der Waals surface area contributed by atoms with Crippen LogP contribution in [0.25, 0.3) is 0 Å². The molecule has 1 saturated heterocycles. The Morgan fingerprint density at radius 1 is 1.19 bits per heavy atom. The third kappa shape index (κ3) is 4.68. The molecule has 0 aromatic heterocycles. The molecule has 1 fully saturated rings. The average molecular weight is 372 g/mol. The van der Waals surface area contributed by atoms with Gasteiger partial charge >= 0.3 is 0 Å². The maximum Gasteiger partial charge on any atom is 0.240 e. The van der Waals surface area contributed by atoms with E-state index in [2.05, 4.69) is 4.72 Å². The summed E-state index contributed by atoms with van der Waals surface area (Å²) in [6.07, 6.45) is 0.147. The zero-order valence-corrected chi connectivity index (χ0v) is 15.0. The molecule has 0 bridgehead atoms. The van der Waals surface area contributed by atoms with Crippen LogP contribution in [0.2, 0.25) is 0 Å². The van der Waals surface area contributed by atoms with Gasteiger partial charge in [-0.1, -0.05) is 36.4 Å². The van der Waals surface area contributed by atoms with E-state index in [9.17, 15) is 8.42 Å². The van der Waals surface area contributed by atoms with Gasteiger partial charge in [0.05, 0.1) is 41.9 Å². The van der Waals surface area contributed by atoms with Crippen molar-refractivity contribution in [3.8, 4) is 6.07 Å². The van der Waals surface area contributed by atoms with Gasteiger partial charge in [-0.05, 0) is 30.2 Å². The number of nitrogens with zero attached hydrogens (tertiary/aromatic N) is 1. The Hall–Kier alpha value is -2.24. The van der Waals surface area contributed by atoms with Gasteiger partial charge in [-0.15, -0.1) is 0 Å². The molecule has 3 rings (SSSR count). The van der Waals surface area contributed by atoms with Crippen LogP contribution in [0.15, 0.2) is 59.5 Å². The molecule has 0 radical (unpaired) electrons. The molecule has 6 nitrogen and oxygen atoms in total. The van der Waals surface area contributed by atoms with Crippen LogP contribution in [0, 0.1) is 11.3 Å². The number of nitrogens with one attached hydrogen (secondary N) is 1. The van der Waals surface area contributed by atoms with Gasteiger partial charge in [-0.3, -0.25) is 0 Å². The number of hydrogen-bond acceptors (Lipinski definition) is 5. The minimum Gasteiger partial charge on any atom is -0.379 e. The molecule has 2 aromatic rings. The molecule has 0 aliphatic carbocycles. The fraction of sp³-hybridized carbons (Fsp3) is 0.316. The van der Waals surface area contributed by atoms with E-state index in [0.29, 0.717) is 31.8 Å². The fourth-order valence-corrected chi connectivity index (χ4v) is 4.13. The number of sulfonamides is 1. The van der Waals surface area contributed by atoms with Crippen molar-refractivity contribution in [3.63, 3.8) is 0 Å². The van der Waals surface area contributed by atoms with E-state index in [0.717, 1.165) is 5.56 Å². The third-order valence-corrected chi connectivity index (χ3v) is 5.68. The Morgan fingerprint density at radius 2 is 2.00 bits per heavy atom. The highest BCUT2D eigenvalue weighted by atomic mass is 32.2. The van der Waals surface area contributed by atoms with Crippen LogP contribution in [-0.4, -0.2) is 33.8 Å². The van der Waals surface area contributed by atoms with E-state index in [4.69, 9.17) is 14.7 Å². The third-order valence-electron chi connectivity index (χ3n) is 4.19. The summed E-state index contributed by atoms with van der Waals surface area (Å²) in [5.41, 5.74) is 1.32. The number of benzene rings is 2. The summed E-state index contributed by atoms with van der Waals surface area (Å²) in [5.74, 6) is 0. The minimum atomic E-state index is -3.75. The minimum absolute atomic E-state index is 0.0739. The molecule has 0 amide bonds. The van der Waals surface area contributed by atoms with E-state index >= 15 is 0 Å². The first-order valence-electron chi connectivity index (χ1n) is 8.34. The summed E-state index contributed by atoms with van der Waals surface area (Å²) in [6.45, 7) is 1.19. The van der Waals surface area contributed by atoms with Crippen molar-refractivity contribution in [2.45, 2.75) is 30.1 Å². The smallest absolute Gasteiger partial charge is 0.240 e. The fourth-order valence-electron chi connectivity index (χ4n) is 2.79. The van der Waals surface area contributed by atoms with Crippen molar-refractivity contribution >= 4 is 10.0 Å². The predicted molar refractivity (Wildman–Crippen MR) is 95.7 cm³/mol. The summed E-state index contributed by atoms with van der Waals surface area (Å²) < 4.78 is 39.4. The van der Waals surface area contributed by atoms with E-state index in [1.807, 2.05) is 36.4 Å². The van der Waals surface area contributed by atoms with Gasteiger partial charge in [-0.2, -0.15) is 5.26 Å². The van der Waals surface area contributed by atoms with Crippen LogP contribution in [-0.2, 0) is 26.1 Å². The van der Waals surface area contributed by atoms with Gasteiger partial charge in [0.25, 0.3) is 0 Å². The Bertz CT molecular complexity index is 878. The predicted octanol–water partition coefficient (Wildman–Crippen LogP) is 2.21. The van der Waals surface area contributed by atoms with Crippen molar-refractivity contribution in [1.82, 2.24) is 4.72 Å². The first-order valence-corrected chi connectivity index (χ1v) is 9.82. The van der Waals surface area contributed by atoms with Crippen LogP contribution in [0.4, 0.5) is 0 Å². The second kappa shape index (κ2) is 8.43. The van der Waals surface area contributed by atoms with Gasteiger partial charge in [0, 0.05) is 6.61 Å². The highest BCUT2D eigenvalue weighted by Crippen LogP contribution is 2.18. The lowest BCUT2D eigenvalue weighted by Gasteiger charge is -2.32. The maximum atomic E-state index is 12.7. The second-order valence-corrected chi connectivity index (χ2v) is 7.78. The summed E-state index contributed by atoms with van der Waals surface area (Å²) in [5, 5.41) is 8.97. The zero-order chi connectivity index (χ0) is 18.4. The highest BCUT2D eigenvalue weighted by molar-refractivity contribution is 7.89. The molecule has 1 heterocycles. The number of hydrogen-bond donors (Lipinski definition) is 1. The van der Waals surface area contributed by atoms with Crippen LogP contribution in [0.5, 0.6) is 0 Å². The summed E-state index contributed by atoms with van der Waals surface area (Å²) in [4.78, 5) is 0.0739. The lowest BCUT2D eigenvalue weighted by atomic mass is 10.1. The molecular weight excluding hydrogens is 352 g/mol. The highest BCUT2D eigenvalue weighted by Gasteiger charge is 2.31. The Morgan fingerprint density at radius 3 is 2.77 bits per heavy atom. The molecule has 0 spiro atoms. The standard InChI is InChI=1S/C19H20N2O4S/c20-12-16-7-4-8-17(11-16)26(22,23)21-18-9-10-24-14-19(18)25-13-15-5-2-1-3-6-15/h1-8,11,18-19,21H,9-10,13-14H2/t18-,19-/m1/s1. The van der Waals surface area contributed by atoms with Gasteiger partial charge in [0.15, 0.2) is 0 Å². The molecular formula is C19H20N2O4S. The van der Waals surface area contributed by atoms with E-state index in [1.165, 1.54) is 12.1 Å². The van der Waals surface area contributed by atoms with Gasteiger partial charge in [0.1, 0.15) is 0 Å². The quantitative estimate of drug-likeness (QED) is 0.840. The SMILES string of the molecule is N#Cc1cccc(S(=O)(=O)N[C@@H]2CCOC[C@H]2OCc2ccccc2)c1. The van der Waals surface area contributed by atoms with Gasteiger partial charge in [0.2, 0.25) is 10.0 Å². The molecule has 0 unspecified atom stereocenters.